The standard InChI is InChI=1S/C22H18N2O4S/c1-15-6-12-18(13-7-15)29(27,28)23-17-10-8-16(9-11-17)14-24-21(25)19-4-2-3-5-20(19)22(24)26/h2-13,23H,14H2,1H3. The van der Waals surface area contributed by atoms with Crippen LogP contribution in [0.25, 0.3) is 0 Å². The van der Waals surface area contributed by atoms with Crippen LogP contribution in [0.1, 0.15) is 31.8 Å². The highest BCUT2D eigenvalue weighted by Gasteiger charge is 2.34. The number of nitrogens with one attached hydrogen (secondary N) is 1. The van der Waals surface area contributed by atoms with E-state index in [0.717, 1.165) is 11.1 Å². The van der Waals surface area contributed by atoms with Crippen molar-refractivity contribution in [2.24, 2.45) is 0 Å². The van der Waals surface area contributed by atoms with Crippen molar-refractivity contribution in [2.75, 3.05) is 4.72 Å². The number of carbonyl (C=O) groups excluding carboxylic acids is 2. The Bertz CT molecular complexity index is 1170. The molecule has 3 aromatic rings. The molecule has 1 aliphatic heterocycles. The minimum absolute atomic E-state index is 0.122. The molecule has 1 N–H and O–H groups in total. The van der Waals surface area contributed by atoms with Gasteiger partial charge in [0.1, 0.15) is 0 Å². The Morgan fingerprint density at radius 3 is 1.90 bits per heavy atom. The predicted octanol–water partition coefficient (Wildman–Crippen LogP) is 3.59. The molecule has 2 amide bonds. The first-order chi connectivity index (χ1) is 13.8. The second-order valence-electron chi connectivity index (χ2n) is 6.86. The summed E-state index contributed by atoms with van der Waals surface area (Å²) >= 11 is 0. The molecule has 0 bridgehead atoms. The quantitative estimate of drug-likeness (QED) is 0.657. The molecule has 0 saturated heterocycles. The first-order valence-corrected chi connectivity index (χ1v) is 10.5. The van der Waals surface area contributed by atoms with Gasteiger partial charge in [0, 0.05) is 5.69 Å². The molecule has 0 aromatic heterocycles. The van der Waals surface area contributed by atoms with E-state index < -0.39 is 10.0 Å². The third-order valence-corrected chi connectivity index (χ3v) is 6.15. The summed E-state index contributed by atoms with van der Waals surface area (Å²) < 4.78 is 27.5. The third kappa shape index (κ3) is 3.64. The van der Waals surface area contributed by atoms with E-state index in [4.69, 9.17) is 0 Å². The predicted molar refractivity (Wildman–Crippen MR) is 109 cm³/mol. The lowest BCUT2D eigenvalue weighted by Gasteiger charge is -2.14. The van der Waals surface area contributed by atoms with Gasteiger partial charge in [-0.15, -0.1) is 0 Å². The van der Waals surface area contributed by atoms with Crippen LogP contribution in [0.4, 0.5) is 5.69 Å². The van der Waals surface area contributed by atoms with Crippen LogP contribution in [-0.4, -0.2) is 25.1 Å². The maximum absolute atomic E-state index is 12.5. The highest BCUT2D eigenvalue weighted by molar-refractivity contribution is 7.92. The van der Waals surface area contributed by atoms with E-state index in [-0.39, 0.29) is 23.3 Å². The van der Waals surface area contributed by atoms with Gasteiger partial charge in [-0.3, -0.25) is 19.2 Å². The number of anilines is 1. The molecule has 146 valence electrons. The lowest BCUT2D eigenvalue weighted by molar-refractivity contribution is 0.0642. The summed E-state index contributed by atoms with van der Waals surface area (Å²) in [6, 6.07) is 19.9. The van der Waals surface area contributed by atoms with Crippen molar-refractivity contribution in [1.82, 2.24) is 4.90 Å². The Morgan fingerprint density at radius 2 is 1.34 bits per heavy atom. The van der Waals surface area contributed by atoms with Gasteiger partial charge in [0.2, 0.25) is 0 Å². The fraction of sp³-hybridized carbons (Fsp3) is 0.0909. The van der Waals surface area contributed by atoms with Crippen LogP contribution in [0, 0.1) is 6.92 Å². The Labute approximate surface area is 168 Å². The van der Waals surface area contributed by atoms with Crippen molar-refractivity contribution in [3.05, 3.63) is 95.1 Å². The average Bonchev–Trinajstić information content (AvgIpc) is 2.95. The Hall–Kier alpha value is -3.45. The van der Waals surface area contributed by atoms with E-state index in [2.05, 4.69) is 4.72 Å². The van der Waals surface area contributed by atoms with Crippen molar-refractivity contribution < 1.29 is 18.0 Å². The summed E-state index contributed by atoms with van der Waals surface area (Å²) in [6.45, 7) is 2.01. The van der Waals surface area contributed by atoms with Crippen LogP contribution in [-0.2, 0) is 16.6 Å². The summed E-state index contributed by atoms with van der Waals surface area (Å²) in [4.78, 5) is 26.3. The van der Waals surface area contributed by atoms with E-state index in [0.29, 0.717) is 16.8 Å². The first kappa shape index (κ1) is 18.9. The molecule has 1 aliphatic rings. The Morgan fingerprint density at radius 1 is 0.793 bits per heavy atom. The molecule has 0 spiro atoms. The van der Waals surface area contributed by atoms with Crippen LogP contribution >= 0.6 is 0 Å². The van der Waals surface area contributed by atoms with E-state index in [1.54, 1.807) is 72.8 Å². The summed E-state index contributed by atoms with van der Waals surface area (Å²) in [7, 11) is -3.69. The van der Waals surface area contributed by atoms with Gasteiger partial charge in [-0.1, -0.05) is 42.0 Å². The van der Waals surface area contributed by atoms with Gasteiger partial charge >= 0.3 is 0 Å². The number of rotatable bonds is 5. The maximum atomic E-state index is 12.5. The fourth-order valence-electron chi connectivity index (χ4n) is 3.18. The molecule has 0 saturated carbocycles. The molecular formula is C22H18N2O4S. The van der Waals surface area contributed by atoms with Gasteiger partial charge in [0.15, 0.2) is 0 Å². The van der Waals surface area contributed by atoms with Gasteiger partial charge in [-0.05, 0) is 48.9 Å². The second-order valence-corrected chi connectivity index (χ2v) is 8.54. The van der Waals surface area contributed by atoms with Crippen LogP contribution in [0.5, 0.6) is 0 Å². The SMILES string of the molecule is Cc1ccc(S(=O)(=O)Nc2ccc(CN3C(=O)c4ccccc4C3=O)cc2)cc1. The smallest absolute Gasteiger partial charge is 0.261 e. The number of carbonyl (C=O) groups is 2. The van der Waals surface area contributed by atoms with Gasteiger partial charge in [-0.25, -0.2) is 8.42 Å². The summed E-state index contributed by atoms with van der Waals surface area (Å²) in [6.07, 6.45) is 0. The number of hydrogen-bond donors (Lipinski definition) is 1. The monoisotopic (exact) mass is 406 g/mol. The lowest BCUT2D eigenvalue weighted by Crippen LogP contribution is -2.29. The number of sulfonamides is 1. The first-order valence-electron chi connectivity index (χ1n) is 8.99. The van der Waals surface area contributed by atoms with Crippen LogP contribution in [0.3, 0.4) is 0 Å². The molecule has 0 aliphatic carbocycles. The van der Waals surface area contributed by atoms with Crippen molar-refractivity contribution in [1.29, 1.82) is 0 Å². The molecular weight excluding hydrogens is 388 g/mol. The number of hydrogen-bond acceptors (Lipinski definition) is 4. The van der Waals surface area contributed by atoms with E-state index in [1.165, 1.54) is 4.90 Å². The van der Waals surface area contributed by atoms with Crippen molar-refractivity contribution in [3.8, 4) is 0 Å². The zero-order chi connectivity index (χ0) is 20.6. The molecule has 1 heterocycles. The molecule has 6 nitrogen and oxygen atoms in total. The average molecular weight is 406 g/mol. The van der Waals surface area contributed by atoms with Crippen molar-refractivity contribution in [3.63, 3.8) is 0 Å². The van der Waals surface area contributed by atoms with Crippen molar-refractivity contribution in [2.45, 2.75) is 18.4 Å². The largest absolute Gasteiger partial charge is 0.280 e. The van der Waals surface area contributed by atoms with Gasteiger partial charge in [-0.2, -0.15) is 0 Å². The summed E-state index contributed by atoms with van der Waals surface area (Å²) in [5.41, 5.74) is 2.90. The van der Waals surface area contributed by atoms with Crippen LogP contribution in [0.2, 0.25) is 0 Å². The minimum Gasteiger partial charge on any atom is -0.280 e. The zero-order valence-electron chi connectivity index (χ0n) is 15.6. The van der Waals surface area contributed by atoms with E-state index in [1.807, 2.05) is 6.92 Å². The lowest BCUT2D eigenvalue weighted by atomic mass is 10.1. The van der Waals surface area contributed by atoms with E-state index in [9.17, 15) is 18.0 Å². The summed E-state index contributed by atoms with van der Waals surface area (Å²) in [5.74, 6) is -0.649. The third-order valence-electron chi connectivity index (χ3n) is 4.76. The van der Waals surface area contributed by atoms with Gasteiger partial charge in [0.25, 0.3) is 21.8 Å². The molecule has 29 heavy (non-hydrogen) atoms. The number of amides is 2. The number of benzene rings is 3. The molecule has 0 radical (unpaired) electrons. The molecule has 7 heteroatoms. The molecule has 0 unspecified atom stereocenters. The van der Waals surface area contributed by atoms with Crippen LogP contribution in [0.15, 0.2) is 77.7 Å². The summed E-state index contributed by atoms with van der Waals surface area (Å²) in [5, 5.41) is 0. The number of nitrogens with zero attached hydrogens (tertiary/aromatic N) is 1. The Balaban J connectivity index is 1.48. The highest BCUT2D eigenvalue weighted by Crippen LogP contribution is 2.25. The molecule has 0 atom stereocenters. The van der Waals surface area contributed by atoms with E-state index >= 15 is 0 Å². The Kier molecular flexibility index (Phi) is 4.68. The van der Waals surface area contributed by atoms with Gasteiger partial charge < -0.3 is 0 Å². The zero-order valence-corrected chi connectivity index (χ0v) is 16.4. The fourth-order valence-corrected chi connectivity index (χ4v) is 4.23. The van der Waals surface area contributed by atoms with Gasteiger partial charge in [0.05, 0.1) is 22.6 Å². The van der Waals surface area contributed by atoms with Crippen molar-refractivity contribution >= 4 is 27.5 Å². The molecule has 0 fully saturated rings. The number of fused-ring (bicyclic) bond motifs is 1. The molecule has 4 rings (SSSR count). The second kappa shape index (κ2) is 7.18. The number of imide groups is 1. The maximum Gasteiger partial charge on any atom is 0.261 e. The van der Waals surface area contributed by atoms with Crippen LogP contribution < -0.4 is 4.72 Å². The normalized spacial score (nSPS) is 13.5. The minimum atomic E-state index is -3.69. The highest BCUT2D eigenvalue weighted by atomic mass is 32.2. The molecule has 3 aromatic carbocycles. The number of aryl methyl sites for hydroxylation is 1. The topological polar surface area (TPSA) is 83.6 Å².